The lowest BCUT2D eigenvalue weighted by molar-refractivity contribution is 0.0974. The first kappa shape index (κ1) is 29.0. The van der Waals surface area contributed by atoms with Crippen molar-refractivity contribution in [2.45, 2.75) is 10.1 Å². The molecule has 0 unspecified atom stereocenters. The van der Waals surface area contributed by atoms with Crippen LogP contribution in [0.1, 0.15) is 20.7 Å². The molecule has 0 fully saturated rings. The molecule has 0 aliphatic carbocycles. The number of sulfone groups is 1. The largest absolute Gasteiger partial charge is 0.456 e. The number of ketones is 1. The van der Waals surface area contributed by atoms with E-state index in [0.29, 0.717) is 16.5 Å². The highest BCUT2D eigenvalue weighted by Gasteiger charge is 2.19. The van der Waals surface area contributed by atoms with Gasteiger partial charge >= 0.3 is 0 Å². The number of aromatic amines is 1. The van der Waals surface area contributed by atoms with Crippen LogP contribution in [0.3, 0.4) is 0 Å². The number of guanidine groups is 1. The van der Waals surface area contributed by atoms with Crippen LogP contribution in [0.4, 0.5) is 0 Å². The lowest BCUT2D eigenvalue weighted by Crippen LogP contribution is -2.35. The lowest BCUT2D eigenvalue weighted by Gasteiger charge is -2.12. The number of rotatable bonds is 8. The van der Waals surface area contributed by atoms with E-state index in [1.807, 2.05) is 0 Å². The van der Waals surface area contributed by atoms with E-state index in [1.165, 1.54) is 23.9 Å². The Morgan fingerprint density at radius 3 is 2.35 bits per heavy atom. The zero-order valence-corrected chi connectivity index (χ0v) is 20.9. The Kier molecular flexibility index (Phi) is 10.6. The van der Waals surface area contributed by atoms with Gasteiger partial charge in [-0.1, -0.05) is 11.8 Å². The van der Waals surface area contributed by atoms with Gasteiger partial charge in [-0.15, -0.1) is 24.8 Å². The Balaban J connectivity index is 0.00000289. The van der Waals surface area contributed by atoms with Crippen molar-refractivity contribution in [3.05, 3.63) is 66.0 Å². The summed E-state index contributed by atoms with van der Waals surface area (Å²) in [5.74, 6) is -0.853. The number of nitrogens with one attached hydrogen (secondary N) is 3. The number of H-pyrrole nitrogens is 1. The number of thioether (sulfide) groups is 1. The quantitative estimate of drug-likeness (QED) is 0.145. The molecule has 34 heavy (non-hydrogen) atoms. The van der Waals surface area contributed by atoms with Crippen molar-refractivity contribution in [3.8, 4) is 11.5 Å². The van der Waals surface area contributed by atoms with Crippen molar-refractivity contribution >= 4 is 64.1 Å². The summed E-state index contributed by atoms with van der Waals surface area (Å²) in [4.78, 5) is 31.1. The molecule has 14 heteroatoms. The molecular weight excluding hydrogens is 525 g/mol. The van der Waals surface area contributed by atoms with Crippen LogP contribution in [0.5, 0.6) is 11.5 Å². The van der Waals surface area contributed by atoms with Crippen LogP contribution in [0.15, 0.2) is 64.9 Å². The number of imidazole rings is 1. The second-order valence-corrected chi connectivity index (χ2v) is 9.48. The van der Waals surface area contributed by atoms with Gasteiger partial charge in [0.05, 0.1) is 5.75 Å². The Labute approximate surface area is 212 Å². The Morgan fingerprint density at radius 1 is 1.15 bits per heavy atom. The van der Waals surface area contributed by atoms with Crippen molar-refractivity contribution in [2.24, 2.45) is 5.73 Å². The summed E-state index contributed by atoms with van der Waals surface area (Å²) in [5.41, 5.74) is 5.61. The molecule has 5 N–H and O–H groups in total. The van der Waals surface area contributed by atoms with Gasteiger partial charge in [0, 0.05) is 29.8 Å². The van der Waals surface area contributed by atoms with Crippen LogP contribution in [-0.4, -0.2) is 48.0 Å². The summed E-state index contributed by atoms with van der Waals surface area (Å²) in [7, 11) is -3.74. The third-order valence-electron chi connectivity index (χ3n) is 4.07. The standard InChI is InChI=1S/C20H19N5O5S2.2ClH/c1-32(28,29)17-10-13(18(27)25-19(21)22)4-7-16(17)30-14-5-2-12(3-6-14)15(26)11-31-20-23-8-9-24-20;;/h2-10H,11H2,1H3,(H,23,24)(H4,21,22,25,27);2*1H. The van der Waals surface area contributed by atoms with Crippen LogP contribution in [0.2, 0.25) is 0 Å². The van der Waals surface area contributed by atoms with E-state index in [9.17, 15) is 18.0 Å². The molecule has 2 aromatic carbocycles. The number of ether oxygens (including phenoxy) is 1. The van der Waals surface area contributed by atoms with Crippen molar-refractivity contribution in [3.63, 3.8) is 0 Å². The van der Waals surface area contributed by atoms with E-state index in [1.54, 1.807) is 36.7 Å². The van der Waals surface area contributed by atoms with E-state index in [2.05, 4.69) is 15.3 Å². The second kappa shape index (κ2) is 12.4. The van der Waals surface area contributed by atoms with E-state index in [4.69, 9.17) is 15.9 Å². The first-order valence-corrected chi connectivity index (χ1v) is 11.9. The van der Waals surface area contributed by atoms with Crippen LogP contribution >= 0.6 is 36.6 Å². The predicted octanol–water partition coefficient (Wildman–Crippen LogP) is 3.05. The molecule has 0 bridgehead atoms. The number of halogens is 2. The van der Waals surface area contributed by atoms with E-state index in [-0.39, 0.29) is 52.6 Å². The van der Waals surface area contributed by atoms with E-state index >= 15 is 0 Å². The van der Waals surface area contributed by atoms with Gasteiger partial charge in [-0.2, -0.15) is 0 Å². The number of benzene rings is 2. The maximum atomic E-state index is 12.3. The van der Waals surface area contributed by atoms with Crippen LogP contribution in [0.25, 0.3) is 0 Å². The van der Waals surface area contributed by atoms with Gasteiger partial charge in [-0.3, -0.25) is 20.3 Å². The summed E-state index contributed by atoms with van der Waals surface area (Å²) < 4.78 is 30.1. The van der Waals surface area contributed by atoms with Gasteiger partial charge in [0.2, 0.25) is 0 Å². The SMILES string of the molecule is CS(=O)(=O)c1cc(C(=O)NC(=N)N)ccc1Oc1ccc(C(=O)CSc2ncc[nH]2)cc1.Cl.Cl. The molecule has 0 saturated carbocycles. The molecule has 0 radical (unpaired) electrons. The first-order chi connectivity index (χ1) is 15.1. The fourth-order valence-electron chi connectivity index (χ4n) is 2.60. The van der Waals surface area contributed by atoms with Gasteiger partial charge in [0.15, 0.2) is 26.7 Å². The average molecular weight is 546 g/mol. The molecule has 1 heterocycles. The lowest BCUT2D eigenvalue weighted by atomic mass is 10.1. The highest BCUT2D eigenvalue weighted by Crippen LogP contribution is 2.30. The molecule has 1 aromatic heterocycles. The molecule has 0 spiro atoms. The van der Waals surface area contributed by atoms with Crippen LogP contribution in [-0.2, 0) is 9.84 Å². The van der Waals surface area contributed by atoms with Crippen LogP contribution < -0.4 is 15.8 Å². The molecule has 0 aliphatic rings. The third-order valence-corrected chi connectivity index (χ3v) is 6.09. The van der Waals surface area contributed by atoms with Crippen molar-refractivity contribution in [1.82, 2.24) is 15.3 Å². The topological polar surface area (TPSA) is 168 Å². The Morgan fingerprint density at radius 2 is 1.79 bits per heavy atom. The second-order valence-electron chi connectivity index (χ2n) is 6.53. The van der Waals surface area contributed by atoms with Crippen molar-refractivity contribution < 1.29 is 22.7 Å². The summed E-state index contributed by atoms with van der Waals surface area (Å²) in [5, 5.41) is 9.86. The minimum absolute atomic E-state index is 0. The minimum atomic E-state index is -3.74. The monoisotopic (exact) mass is 545 g/mol. The van der Waals surface area contributed by atoms with Crippen molar-refractivity contribution in [2.75, 3.05) is 12.0 Å². The number of hydrogen-bond acceptors (Lipinski definition) is 8. The van der Waals surface area contributed by atoms with Gasteiger partial charge in [-0.05, 0) is 42.5 Å². The predicted molar refractivity (Wildman–Crippen MR) is 134 cm³/mol. The number of nitrogens with two attached hydrogens (primary N) is 1. The molecule has 10 nitrogen and oxygen atoms in total. The number of aromatic nitrogens is 2. The highest BCUT2D eigenvalue weighted by molar-refractivity contribution is 7.99. The number of Topliss-reactive ketones (excluding diaryl/α,β-unsaturated/α-hetero) is 1. The van der Waals surface area contributed by atoms with Crippen molar-refractivity contribution in [1.29, 1.82) is 5.41 Å². The number of amides is 1. The maximum Gasteiger partial charge on any atom is 0.257 e. The van der Waals surface area contributed by atoms with E-state index in [0.717, 1.165) is 12.3 Å². The molecule has 3 aromatic rings. The maximum absolute atomic E-state index is 12.3. The Hall–Kier alpha value is -3.06. The van der Waals surface area contributed by atoms with Gasteiger partial charge in [0.1, 0.15) is 16.4 Å². The zero-order valence-electron chi connectivity index (χ0n) is 17.6. The molecular formula is C20H21Cl2N5O5S2. The molecule has 1 amide bonds. The highest BCUT2D eigenvalue weighted by atomic mass is 35.5. The molecule has 0 saturated heterocycles. The average Bonchev–Trinajstić information content (AvgIpc) is 3.25. The third kappa shape index (κ3) is 7.76. The molecule has 3 rings (SSSR count). The molecule has 0 atom stereocenters. The zero-order chi connectivity index (χ0) is 23.3. The van der Waals surface area contributed by atoms with E-state index < -0.39 is 21.7 Å². The van der Waals surface area contributed by atoms with Gasteiger partial charge in [-0.25, -0.2) is 13.4 Å². The van der Waals surface area contributed by atoms with Gasteiger partial charge < -0.3 is 15.5 Å². The fraction of sp³-hybridized carbons (Fsp3) is 0.100. The summed E-state index contributed by atoms with van der Waals surface area (Å²) in [6.07, 6.45) is 4.26. The van der Waals surface area contributed by atoms with Crippen LogP contribution in [0, 0.1) is 5.41 Å². The number of nitrogens with zero attached hydrogens (tertiary/aromatic N) is 1. The number of carbonyl (C=O) groups is 2. The summed E-state index contributed by atoms with van der Waals surface area (Å²) >= 11 is 1.28. The fourth-order valence-corrected chi connectivity index (χ4v) is 4.14. The number of hydrogen-bond donors (Lipinski definition) is 4. The summed E-state index contributed by atoms with van der Waals surface area (Å²) in [6.45, 7) is 0. The first-order valence-electron chi connectivity index (χ1n) is 9.06. The molecule has 0 aliphatic heterocycles. The normalized spacial score (nSPS) is 10.4. The minimum Gasteiger partial charge on any atom is -0.456 e. The van der Waals surface area contributed by atoms with Gasteiger partial charge in [0.25, 0.3) is 5.91 Å². The summed E-state index contributed by atoms with van der Waals surface area (Å²) in [6, 6.07) is 10.1. The smallest absolute Gasteiger partial charge is 0.257 e. The Bertz CT molecular complexity index is 1270. The number of carbonyl (C=O) groups excluding carboxylic acids is 2. The molecule has 182 valence electrons.